The standard InChI is InChI=1S/C14H13ClN4O3S/c1-22-10-3-5-14-12(7-10)17-18-19(14)13-4-2-9(6-11(13)15)8-16-23(20)21/h2-7,16H,8H2,1H3,(H,20,21). The summed E-state index contributed by atoms with van der Waals surface area (Å²) in [6, 6.07) is 10.8. The highest BCUT2D eigenvalue weighted by molar-refractivity contribution is 7.77. The SMILES string of the molecule is COc1ccc2c(c1)nnn2-c1ccc(CNS(=O)O)cc1Cl. The summed E-state index contributed by atoms with van der Waals surface area (Å²) in [6.07, 6.45) is 0. The van der Waals surface area contributed by atoms with Crippen molar-refractivity contribution in [3.8, 4) is 11.4 Å². The van der Waals surface area contributed by atoms with E-state index in [1.54, 1.807) is 36.1 Å². The fourth-order valence-electron chi connectivity index (χ4n) is 2.19. The number of aromatic nitrogens is 3. The molecule has 23 heavy (non-hydrogen) atoms. The zero-order chi connectivity index (χ0) is 16.4. The number of nitrogens with zero attached hydrogens (tertiary/aromatic N) is 3. The van der Waals surface area contributed by atoms with Crippen LogP contribution in [0.3, 0.4) is 0 Å². The van der Waals surface area contributed by atoms with Gasteiger partial charge in [-0.05, 0) is 29.8 Å². The normalized spacial score (nSPS) is 12.5. The Hall–Kier alpha value is -2.00. The molecule has 2 aromatic carbocycles. The molecule has 0 aliphatic rings. The second kappa shape index (κ2) is 6.63. The number of rotatable bonds is 5. The van der Waals surface area contributed by atoms with Crippen molar-refractivity contribution in [1.82, 2.24) is 19.7 Å². The molecule has 3 rings (SSSR count). The molecule has 0 spiro atoms. The zero-order valence-electron chi connectivity index (χ0n) is 12.1. The van der Waals surface area contributed by atoms with Crippen molar-refractivity contribution < 1.29 is 13.5 Å². The second-order valence-electron chi connectivity index (χ2n) is 4.71. The van der Waals surface area contributed by atoms with E-state index in [4.69, 9.17) is 20.9 Å². The van der Waals surface area contributed by atoms with Gasteiger partial charge in [-0.25, -0.2) is 13.6 Å². The van der Waals surface area contributed by atoms with Gasteiger partial charge < -0.3 is 4.74 Å². The summed E-state index contributed by atoms with van der Waals surface area (Å²) < 4.78 is 28.6. The quantitative estimate of drug-likeness (QED) is 0.688. The lowest BCUT2D eigenvalue weighted by molar-refractivity contribution is 0.415. The number of hydrogen-bond donors (Lipinski definition) is 2. The van der Waals surface area contributed by atoms with Gasteiger partial charge in [0, 0.05) is 12.6 Å². The van der Waals surface area contributed by atoms with E-state index in [-0.39, 0.29) is 6.54 Å². The minimum Gasteiger partial charge on any atom is -0.497 e. The monoisotopic (exact) mass is 352 g/mol. The lowest BCUT2D eigenvalue weighted by Gasteiger charge is -2.08. The molecular formula is C14H13ClN4O3S. The van der Waals surface area contributed by atoms with E-state index >= 15 is 0 Å². The Morgan fingerprint density at radius 2 is 2.17 bits per heavy atom. The molecule has 2 N–H and O–H groups in total. The van der Waals surface area contributed by atoms with Crippen molar-refractivity contribution in [3.05, 3.63) is 47.0 Å². The van der Waals surface area contributed by atoms with E-state index in [1.807, 2.05) is 12.1 Å². The van der Waals surface area contributed by atoms with Crippen molar-refractivity contribution in [1.29, 1.82) is 0 Å². The summed E-state index contributed by atoms with van der Waals surface area (Å²) in [7, 11) is 1.59. The molecule has 0 aliphatic carbocycles. The van der Waals surface area contributed by atoms with Gasteiger partial charge in [0.15, 0.2) is 0 Å². The van der Waals surface area contributed by atoms with E-state index in [9.17, 15) is 4.21 Å². The highest BCUT2D eigenvalue weighted by Gasteiger charge is 2.11. The molecule has 1 heterocycles. The van der Waals surface area contributed by atoms with Gasteiger partial charge >= 0.3 is 0 Å². The molecule has 0 amide bonds. The first-order chi connectivity index (χ1) is 11.1. The smallest absolute Gasteiger partial charge is 0.232 e. The maximum atomic E-state index is 10.6. The van der Waals surface area contributed by atoms with Crippen LogP contribution in [-0.2, 0) is 17.8 Å². The first kappa shape index (κ1) is 15.9. The molecule has 1 aromatic heterocycles. The van der Waals surface area contributed by atoms with Gasteiger partial charge in [0.2, 0.25) is 11.3 Å². The highest BCUT2D eigenvalue weighted by atomic mass is 35.5. The molecule has 0 fully saturated rings. The molecule has 9 heteroatoms. The Balaban J connectivity index is 1.97. The minimum atomic E-state index is -2.06. The number of halogens is 1. The van der Waals surface area contributed by atoms with Crippen molar-refractivity contribution in [2.24, 2.45) is 0 Å². The van der Waals surface area contributed by atoms with E-state index in [0.29, 0.717) is 22.0 Å². The fraction of sp³-hybridized carbons (Fsp3) is 0.143. The van der Waals surface area contributed by atoms with Gasteiger partial charge in [0.25, 0.3) is 0 Å². The van der Waals surface area contributed by atoms with Crippen LogP contribution in [0.2, 0.25) is 5.02 Å². The maximum absolute atomic E-state index is 10.6. The van der Waals surface area contributed by atoms with E-state index in [2.05, 4.69) is 15.0 Å². The topological polar surface area (TPSA) is 89.3 Å². The first-order valence-electron chi connectivity index (χ1n) is 6.61. The predicted octanol–water partition coefficient (Wildman–Crippen LogP) is 2.31. The minimum absolute atomic E-state index is 0.235. The molecule has 1 atom stereocenters. The third-order valence-corrected chi connectivity index (χ3v) is 3.99. The molecule has 1 unspecified atom stereocenters. The fourth-order valence-corrected chi connectivity index (χ4v) is 2.76. The van der Waals surface area contributed by atoms with Crippen molar-refractivity contribution in [2.45, 2.75) is 6.54 Å². The number of ether oxygens (including phenoxy) is 1. The van der Waals surface area contributed by atoms with Crippen molar-refractivity contribution in [3.63, 3.8) is 0 Å². The third-order valence-electron chi connectivity index (χ3n) is 3.29. The lowest BCUT2D eigenvalue weighted by atomic mass is 10.2. The van der Waals surface area contributed by atoms with Gasteiger partial charge in [-0.3, -0.25) is 4.55 Å². The van der Waals surface area contributed by atoms with Gasteiger partial charge in [-0.15, -0.1) is 5.10 Å². The van der Waals surface area contributed by atoms with Crippen LogP contribution >= 0.6 is 11.6 Å². The predicted molar refractivity (Wildman–Crippen MR) is 88.0 cm³/mol. The molecular weight excluding hydrogens is 340 g/mol. The molecule has 0 radical (unpaired) electrons. The molecule has 120 valence electrons. The van der Waals surface area contributed by atoms with Crippen LogP contribution in [0.25, 0.3) is 16.7 Å². The molecule has 3 aromatic rings. The summed E-state index contributed by atoms with van der Waals surface area (Å²) >= 11 is 4.25. The molecule has 0 aliphatic heterocycles. The zero-order valence-corrected chi connectivity index (χ0v) is 13.6. The summed E-state index contributed by atoms with van der Waals surface area (Å²) in [5.74, 6) is 0.703. The Labute approximate surface area is 139 Å². The molecule has 0 saturated carbocycles. The van der Waals surface area contributed by atoms with E-state index in [0.717, 1.165) is 11.1 Å². The summed E-state index contributed by atoms with van der Waals surface area (Å²) in [4.78, 5) is 0. The molecule has 0 saturated heterocycles. The first-order valence-corrected chi connectivity index (χ1v) is 8.09. The van der Waals surface area contributed by atoms with Gasteiger partial charge in [-0.1, -0.05) is 22.9 Å². The Kier molecular flexibility index (Phi) is 4.58. The second-order valence-corrected chi connectivity index (χ2v) is 5.91. The van der Waals surface area contributed by atoms with E-state index in [1.165, 1.54) is 0 Å². The Morgan fingerprint density at radius 1 is 1.35 bits per heavy atom. The van der Waals surface area contributed by atoms with Crippen LogP contribution < -0.4 is 9.46 Å². The Morgan fingerprint density at radius 3 is 2.87 bits per heavy atom. The highest BCUT2D eigenvalue weighted by Crippen LogP contribution is 2.26. The maximum Gasteiger partial charge on any atom is 0.232 e. The lowest BCUT2D eigenvalue weighted by Crippen LogP contribution is -2.15. The van der Waals surface area contributed by atoms with E-state index < -0.39 is 11.3 Å². The summed E-state index contributed by atoms with van der Waals surface area (Å²) in [5.41, 5.74) is 2.96. The number of benzene rings is 2. The molecule has 0 bridgehead atoms. The third kappa shape index (κ3) is 3.35. The average molecular weight is 353 g/mol. The number of methoxy groups -OCH3 is 1. The van der Waals surface area contributed by atoms with Crippen molar-refractivity contribution in [2.75, 3.05) is 7.11 Å². The van der Waals surface area contributed by atoms with Crippen LogP contribution in [-0.4, -0.2) is 30.9 Å². The van der Waals surface area contributed by atoms with Crippen LogP contribution in [0, 0.1) is 0 Å². The number of fused-ring (bicyclic) bond motifs is 1. The van der Waals surface area contributed by atoms with Gasteiger partial charge in [0.1, 0.15) is 11.3 Å². The van der Waals surface area contributed by atoms with Crippen LogP contribution in [0.1, 0.15) is 5.56 Å². The van der Waals surface area contributed by atoms with Crippen molar-refractivity contribution >= 4 is 33.9 Å². The summed E-state index contributed by atoms with van der Waals surface area (Å²) in [5, 5.41) is 8.71. The van der Waals surface area contributed by atoms with Gasteiger partial charge in [0.05, 0.1) is 23.3 Å². The van der Waals surface area contributed by atoms with Crippen LogP contribution in [0.15, 0.2) is 36.4 Å². The Bertz CT molecular complexity index is 884. The summed E-state index contributed by atoms with van der Waals surface area (Å²) in [6.45, 7) is 0.235. The number of nitrogens with one attached hydrogen (secondary N) is 1. The van der Waals surface area contributed by atoms with Crippen LogP contribution in [0.4, 0.5) is 0 Å². The largest absolute Gasteiger partial charge is 0.497 e. The molecule has 7 nitrogen and oxygen atoms in total. The van der Waals surface area contributed by atoms with Gasteiger partial charge in [-0.2, -0.15) is 0 Å². The number of hydrogen-bond acceptors (Lipinski definition) is 4. The van der Waals surface area contributed by atoms with Crippen LogP contribution in [0.5, 0.6) is 5.75 Å². The average Bonchev–Trinajstić information content (AvgIpc) is 2.95.